The molecule has 1 aromatic carbocycles. The summed E-state index contributed by atoms with van der Waals surface area (Å²) in [4.78, 5) is 7.26. The van der Waals surface area contributed by atoms with E-state index in [1.54, 1.807) is 0 Å². The number of rotatable bonds is 8. The molecule has 4 heteroatoms. The zero-order valence-electron chi connectivity index (χ0n) is 15.6. The molecule has 0 amide bonds. The number of anilines is 1. The standard InChI is InChI=1S/C20H34N4/c1-4-17(5-2)14-22-20(21-6-3)23-15-18-12-13-24(16-18)19-10-8-7-9-11-19/h7-11,17-18H,4-6,12-16H2,1-3H3,(H2,21,22,23). The fourth-order valence-electron chi connectivity index (χ4n) is 3.22. The largest absolute Gasteiger partial charge is 0.371 e. The topological polar surface area (TPSA) is 39.7 Å². The van der Waals surface area contributed by atoms with Crippen molar-refractivity contribution in [2.45, 2.75) is 40.0 Å². The average Bonchev–Trinajstić information content (AvgIpc) is 3.10. The Morgan fingerprint density at radius 1 is 1.17 bits per heavy atom. The monoisotopic (exact) mass is 330 g/mol. The smallest absolute Gasteiger partial charge is 0.191 e. The van der Waals surface area contributed by atoms with E-state index in [2.05, 4.69) is 66.6 Å². The van der Waals surface area contributed by atoms with Gasteiger partial charge in [-0.15, -0.1) is 0 Å². The first kappa shape index (κ1) is 18.6. The van der Waals surface area contributed by atoms with E-state index in [0.717, 1.165) is 38.7 Å². The van der Waals surface area contributed by atoms with Crippen LogP contribution in [0.4, 0.5) is 5.69 Å². The Hall–Kier alpha value is -1.71. The molecule has 0 saturated carbocycles. The Labute approximate surface area is 147 Å². The van der Waals surface area contributed by atoms with Crippen LogP contribution in [-0.2, 0) is 0 Å². The van der Waals surface area contributed by atoms with Crippen LogP contribution in [0, 0.1) is 11.8 Å². The Kier molecular flexibility index (Phi) is 7.93. The van der Waals surface area contributed by atoms with Crippen LogP contribution in [0.15, 0.2) is 35.3 Å². The Morgan fingerprint density at radius 2 is 1.92 bits per heavy atom. The number of nitrogens with zero attached hydrogens (tertiary/aromatic N) is 2. The van der Waals surface area contributed by atoms with E-state index < -0.39 is 0 Å². The van der Waals surface area contributed by atoms with Crippen LogP contribution in [-0.4, -0.2) is 38.7 Å². The highest BCUT2D eigenvalue weighted by Crippen LogP contribution is 2.22. The van der Waals surface area contributed by atoms with Gasteiger partial charge < -0.3 is 15.5 Å². The van der Waals surface area contributed by atoms with Crippen LogP contribution in [0.1, 0.15) is 40.0 Å². The number of benzene rings is 1. The molecule has 1 heterocycles. The SMILES string of the molecule is CCNC(=NCC(CC)CC)NCC1CCN(c2ccccc2)C1. The lowest BCUT2D eigenvalue weighted by atomic mass is 10.0. The molecule has 0 aromatic heterocycles. The molecular formula is C20H34N4. The lowest BCUT2D eigenvalue weighted by Gasteiger charge is -2.19. The normalized spacial score (nSPS) is 18.2. The second kappa shape index (κ2) is 10.2. The number of hydrogen-bond acceptors (Lipinski definition) is 2. The van der Waals surface area contributed by atoms with E-state index in [9.17, 15) is 0 Å². The van der Waals surface area contributed by atoms with E-state index in [4.69, 9.17) is 4.99 Å². The third-order valence-electron chi connectivity index (χ3n) is 4.97. The molecule has 0 spiro atoms. The minimum atomic E-state index is 0.683. The maximum atomic E-state index is 4.77. The van der Waals surface area contributed by atoms with Gasteiger partial charge in [-0.25, -0.2) is 0 Å². The molecule has 24 heavy (non-hydrogen) atoms. The molecule has 1 atom stereocenters. The number of aliphatic imine (C=N–C) groups is 1. The summed E-state index contributed by atoms with van der Waals surface area (Å²) in [5.74, 6) is 2.35. The summed E-state index contributed by atoms with van der Waals surface area (Å²) in [5, 5.41) is 6.93. The maximum absolute atomic E-state index is 4.77. The molecule has 1 fully saturated rings. The van der Waals surface area contributed by atoms with Crippen molar-refractivity contribution >= 4 is 11.6 Å². The third kappa shape index (κ3) is 5.73. The molecule has 4 nitrogen and oxygen atoms in total. The first-order valence-corrected chi connectivity index (χ1v) is 9.58. The van der Waals surface area contributed by atoms with E-state index in [1.807, 2.05) is 0 Å². The highest BCUT2D eigenvalue weighted by atomic mass is 15.2. The first-order chi connectivity index (χ1) is 11.8. The van der Waals surface area contributed by atoms with E-state index >= 15 is 0 Å². The minimum Gasteiger partial charge on any atom is -0.371 e. The second-order valence-electron chi connectivity index (χ2n) is 6.72. The highest BCUT2D eigenvalue weighted by molar-refractivity contribution is 5.79. The van der Waals surface area contributed by atoms with E-state index in [0.29, 0.717) is 11.8 Å². The summed E-state index contributed by atoms with van der Waals surface area (Å²) in [6, 6.07) is 10.7. The highest BCUT2D eigenvalue weighted by Gasteiger charge is 2.22. The van der Waals surface area contributed by atoms with Crippen LogP contribution in [0.3, 0.4) is 0 Å². The van der Waals surface area contributed by atoms with Gasteiger partial charge in [-0.2, -0.15) is 0 Å². The van der Waals surface area contributed by atoms with Crippen molar-refractivity contribution in [2.75, 3.05) is 37.6 Å². The summed E-state index contributed by atoms with van der Waals surface area (Å²) >= 11 is 0. The number of para-hydroxylation sites is 1. The molecule has 0 aliphatic carbocycles. The number of nitrogens with one attached hydrogen (secondary N) is 2. The molecule has 1 unspecified atom stereocenters. The molecule has 1 saturated heterocycles. The van der Waals surface area contributed by atoms with E-state index in [1.165, 1.54) is 24.9 Å². The van der Waals surface area contributed by atoms with Gasteiger partial charge in [0.15, 0.2) is 5.96 Å². The summed E-state index contributed by atoms with van der Waals surface area (Å²) in [6.07, 6.45) is 3.65. The van der Waals surface area contributed by atoms with Gasteiger partial charge in [0.25, 0.3) is 0 Å². The lowest BCUT2D eigenvalue weighted by Crippen LogP contribution is -2.40. The quantitative estimate of drug-likeness (QED) is 0.566. The van der Waals surface area contributed by atoms with Crippen LogP contribution in [0.25, 0.3) is 0 Å². The molecule has 1 aromatic rings. The average molecular weight is 331 g/mol. The van der Waals surface area contributed by atoms with Gasteiger partial charge in [0.05, 0.1) is 0 Å². The summed E-state index contributed by atoms with van der Waals surface area (Å²) in [7, 11) is 0. The fourth-order valence-corrected chi connectivity index (χ4v) is 3.22. The minimum absolute atomic E-state index is 0.683. The predicted octanol–water partition coefficient (Wildman–Crippen LogP) is 3.50. The molecule has 2 rings (SSSR count). The van der Waals surface area contributed by atoms with Gasteiger partial charge in [-0.05, 0) is 37.3 Å². The Balaban J connectivity index is 1.81. The van der Waals surface area contributed by atoms with Gasteiger partial charge in [0.1, 0.15) is 0 Å². The van der Waals surface area contributed by atoms with Crippen LogP contribution < -0.4 is 15.5 Å². The Bertz CT molecular complexity index is 482. The van der Waals surface area contributed by atoms with Crippen molar-refractivity contribution in [1.29, 1.82) is 0 Å². The summed E-state index contributed by atoms with van der Waals surface area (Å²) < 4.78 is 0. The van der Waals surface area contributed by atoms with Crippen molar-refractivity contribution in [3.05, 3.63) is 30.3 Å². The lowest BCUT2D eigenvalue weighted by molar-refractivity contribution is 0.502. The van der Waals surface area contributed by atoms with E-state index in [-0.39, 0.29) is 0 Å². The number of guanidine groups is 1. The van der Waals surface area contributed by atoms with Crippen molar-refractivity contribution < 1.29 is 0 Å². The molecule has 0 bridgehead atoms. The van der Waals surface area contributed by atoms with Crippen LogP contribution in [0.2, 0.25) is 0 Å². The molecule has 1 aliphatic heterocycles. The molecule has 134 valence electrons. The fraction of sp³-hybridized carbons (Fsp3) is 0.650. The van der Waals surface area contributed by atoms with Gasteiger partial charge in [0, 0.05) is 38.4 Å². The van der Waals surface area contributed by atoms with Crippen molar-refractivity contribution in [1.82, 2.24) is 10.6 Å². The first-order valence-electron chi connectivity index (χ1n) is 9.58. The second-order valence-corrected chi connectivity index (χ2v) is 6.72. The van der Waals surface area contributed by atoms with Crippen LogP contribution >= 0.6 is 0 Å². The zero-order valence-corrected chi connectivity index (χ0v) is 15.6. The summed E-state index contributed by atoms with van der Waals surface area (Å²) in [6.45, 7) is 11.7. The Morgan fingerprint density at radius 3 is 2.58 bits per heavy atom. The third-order valence-corrected chi connectivity index (χ3v) is 4.97. The van der Waals surface area contributed by atoms with Crippen LogP contribution in [0.5, 0.6) is 0 Å². The van der Waals surface area contributed by atoms with Gasteiger partial charge in [-0.3, -0.25) is 4.99 Å². The number of hydrogen-bond donors (Lipinski definition) is 2. The van der Waals surface area contributed by atoms with Gasteiger partial charge in [-0.1, -0.05) is 44.9 Å². The van der Waals surface area contributed by atoms with Crippen molar-refractivity contribution in [2.24, 2.45) is 16.8 Å². The predicted molar refractivity (Wildman–Crippen MR) is 105 cm³/mol. The summed E-state index contributed by atoms with van der Waals surface area (Å²) in [5.41, 5.74) is 1.34. The molecule has 1 aliphatic rings. The van der Waals surface area contributed by atoms with Gasteiger partial charge in [0.2, 0.25) is 0 Å². The maximum Gasteiger partial charge on any atom is 0.191 e. The van der Waals surface area contributed by atoms with Crippen molar-refractivity contribution in [3.8, 4) is 0 Å². The zero-order chi connectivity index (χ0) is 17.2. The van der Waals surface area contributed by atoms with Crippen molar-refractivity contribution in [3.63, 3.8) is 0 Å². The molecule has 2 N–H and O–H groups in total. The molecule has 0 radical (unpaired) electrons. The van der Waals surface area contributed by atoms with Gasteiger partial charge >= 0.3 is 0 Å². The molecular weight excluding hydrogens is 296 g/mol.